The Bertz CT molecular complexity index is 1680. The number of hydrogen-bond acceptors (Lipinski definition) is 6. The van der Waals surface area contributed by atoms with Crippen molar-refractivity contribution in [1.29, 1.82) is 0 Å². The molecule has 0 radical (unpaired) electrons. The molecule has 5 atom stereocenters. The van der Waals surface area contributed by atoms with Gasteiger partial charge in [-0.25, -0.2) is 0 Å². The summed E-state index contributed by atoms with van der Waals surface area (Å²) in [5.41, 5.74) is 2.96. The standard InChI is InChI=1S/C32H37N4O6PS/c1-2-19-7-8-33-14-25(19)23-15-35(16-23)32(39)27-5-4-24-11-20-10-21(20)12-26(31(38)36(24)27)34-30(37)29-13-22-9-18(17-43(40,41)42)3-6-28(22)44-29/h3,6-9,13-14,20-21,23-24,26-27H,2,4-5,10-12,15-17H2,1H3,(H,34,37)(H2,40,41,42)/t20-,21+,24+,26-,27-/m0/s1. The zero-order valence-corrected chi connectivity index (χ0v) is 26.3. The van der Waals surface area contributed by atoms with E-state index in [9.17, 15) is 28.7 Å². The van der Waals surface area contributed by atoms with Crippen LogP contribution in [-0.2, 0) is 26.7 Å². The summed E-state index contributed by atoms with van der Waals surface area (Å²) in [6.07, 6.45) is 8.27. The van der Waals surface area contributed by atoms with Crippen molar-refractivity contribution in [2.24, 2.45) is 11.8 Å². The Morgan fingerprint density at radius 2 is 1.89 bits per heavy atom. The molecule has 4 fully saturated rings. The topological polar surface area (TPSA) is 140 Å². The Morgan fingerprint density at radius 3 is 2.66 bits per heavy atom. The molecule has 44 heavy (non-hydrogen) atoms. The van der Waals surface area contributed by atoms with E-state index in [-0.39, 0.29) is 35.8 Å². The molecule has 1 aromatic carbocycles. The molecule has 12 heteroatoms. The molecule has 3 saturated heterocycles. The highest BCUT2D eigenvalue weighted by Crippen LogP contribution is 2.50. The van der Waals surface area contributed by atoms with E-state index >= 15 is 0 Å². The number of thiophene rings is 1. The fraction of sp³-hybridized carbons (Fsp3) is 0.500. The minimum absolute atomic E-state index is 0.00709. The van der Waals surface area contributed by atoms with Crippen LogP contribution in [0.3, 0.4) is 0 Å². The number of amides is 3. The van der Waals surface area contributed by atoms with Crippen molar-refractivity contribution in [3.8, 4) is 0 Å². The van der Waals surface area contributed by atoms with Gasteiger partial charge in [-0.05, 0) is 96.7 Å². The molecule has 1 saturated carbocycles. The van der Waals surface area contributed by atoms with Gasteiger partial charge in [-0.15, -0.1) is 11.3 Å². The molecule has 3 aromatic rings. The third-order valence-electron chi connectivity index (χ3n) is 9.98. The van der Waals surface area contributed by atoms with E-state index in [1.165, 1.54) is 22.5 Å². The van der Waals surface area contributed by atoms with Crippen molar-refractivity contribution in [2.75, 3.05) is 13.1 Å². The Labute approximate surface area is 260 Å². The molecule has 3 amide bonds. The number of carbonyl (C=O) groups excluding carboxylic acids is 3. The van der Waals surface area contributed by atoms with E-state index in [0.29, 0.717) is 48.2 Å². The number of nitrogens with one attached hydrogen (secondary N) is 1. The highest BCUT2D eigenvalue weighted by atomic mass is 32.1. The van der Waals surface area contributed by atoms with Gasteiger partial charge in [0.15, 0.2) is 0 Å². The first-order valence-corrected chi connectivity index (χ1v) is 18.1. The van der Waals surface area contributed by atoms with Gasteiger partial charge in [-0.3, -0.25) is 23.9 Å². The Hall–Kier alpha value is -3.11. The largest absolute Gasteiger partial charge is 0.340 e. The van der Waals surface area contributed by atoms with Gasteiger partial charge in [0.05, 0.1) is 11.0 Å². The number of hydrogen-bond donors (Lipinski definition) is 3. The summed E-state index contributed by atoms with van der Waals surface area (Å²) in [4.78, 5) is 68.5. The molecule has 7 rings (SSSR count). The van der Waals surface area contributed by atoms with Crippen LogP contribution in [0, 0.1) is 11.8 Å². The van der Waals surface area contributed by atoms with Gasteiger partial charge in [-0.1, -0.05) is 13.0 Å². The summed E-state index contributed by atoms with van der Waals surface area (Å²) in [5.74, 6) is 0.691. The molecule has 10 nitrogen and oxygen atoms in total. The van der Waals surface area contributed by atoms with Gasteiger partial charge in [0.25, 0.3) is 5.91 Å². The van der Waals surface area contributed by atoms with E-state index in [4.69, 9.17) is 0 Å². The summed E-state index contributed by atoms with van der Waals surface area (Å²) < 4.78 is 12.3. The van der Waals surface area contributed by atoms with Crippen molar-refractivity contribution in [1.82, 2.24) is 20.1 Å². The maximum atomic E-state index is 14.1. The first kappa shape index (κ1) is 29.6. The number of benzene rings is 1. The summed E-state index contributed by atoms with van der Waals surface area (Å²) in [7, 11) is -4.21. The van der Waals surface area contributed by atoms with Gasteiger partial charge in [0, 0.05) is 42.1 Å². The van der Waals surface area contributed by atoms with Crippen LogP contribution in [0.1, 0.15) is 71.3 Å². The van der Waals surface area contributed by atoms with Crippen molar-refractivity contribution in [2.45, 2.75) is 75.7 Å². The molecule has 0 bridgehead atoms. The highest BCUT2D eigenvalue weighted by molar-refractivity contribution is 7.50. The molecule has 0 spiro atoms. The Balaban J connectivity index is 1.06. The third kappa shape index (κ3) is 5.71. The van der Waals surface area contributed by atoms with Crippen LogP contribution >= 0.6 is 18.9 Å². The van der Waals surface area contributed by atoms with E-state index in [0.717, 1.165) is 35.8 Å². The molecular formula is C32H37N4O6PS. The molecular weight excluding hydrogens is 599 g/mol. The lowest BCUT2D eigenvalue weighted by Crippen LogP contribution is -2.59. The summed E-state index contributed by atoms with van der Waals surface area (Å²) in [6, 6.07) is 7.70. The predicted molar refractivity (Wildman–Crippen MR) is 166 cm³/mol. The number of likely N-dealkylation sites (tertiary alicyclic amines) is 1. The van der Waals surface area contributed by atoms with Gasteiger partial charge in [-0.2, -0.15) is 0 Å². The lowest BCUT2D eigenvalue weighted by atomic mass is 9.88. The zero-order valence-electron chi connectivity index (χ0n) is 24.6. The quantitative estimate of drug-likeness (QED) is 0.333. The first-order valence-electron chi connectivity index (χ1n) is 15.5. The van der Waals surface area contributed by atoms with Crippen LogP contribution < -0.4 is 5.32 Å². The van der Waals surface area contributed by atoms with E-state index in [1.807, 2.05) is 28.3 Å². The second-order valence-corrected chi connectivity index (χ2v) is 15.6. The van der Waals surface area contributed by atoms with Crippen LogP contribution in [-0.4, -0.2) is 73.5 Å². The predicted octanol–water partition coefficient (Wildman–Crippen LogP) is 4.05. The summed E-state index contributed by atoms with van der Waals surface area (Å²) >= 11 is 1.29. The number of nitrogens with zero attached hydrogens (tertiary/aromatic N) is 3. The lowest BCUT2D eigenvalue weighted by Gasteiger charge is -2.43. The Morgan fingerprint density at radius 1 is 1.09 bits per heavy atom. The van der Waals surface area contributed by atoms with Crippen molar-refractivity contribution >= 4 is 46.7 Å². The molecule has 1 aliphatic carbocycles. The van der Waals surface area contributed by atoms with E-state index < -0.39 is 19.7 Å². The van der Waals surface area contributed by atoms with Crippen molar-refractivity contribution in [3.05, 3.63) is 64.3 Å². The maximum absolute atomic E-state index is 14.1. The molecule has 5 heterocycles. The fourth-order valence-electron chi connectivity index (χ4n) is 7.59. The number of rotatable bonds is 7. The van der Waals surface area contributed by atoms with Crippen LogP contribution in [0.2, 0.25) is 0 Å². The van der Waals surface area contributed by atoms with Gasteiger partial charge < -0.3 is 24.9 Å². The third-order valence-corrected chi connectivity index (χ3v) is 11.9. The molecule has 3 N–H and O–H groups in total. The van der Waals surface area contributed by atoms with Crippen LogP contribution in [0.4, 0.5) is 0 Å². The first-order chi connectivity index (χ1) is 21.1. The zero-order chi connectivity index (χ0) is 30.7. The molecule has 2 aromatic heterocycles. The monoisotopic (exact) mass is 636 g/mol. The molecule has 232 valence electrons. The minimum atomic E-state index is -4.21. The molecule has 3 aliphatic heterocycles. The summed E-state index contributed by atoms with van der Waals surface area (Å²) in [6.45, 7) is 3.39. The second kappa shape index (κ2) is 11.4. The van der Waals surface area contributed by atoms with E-state index in [1.54, 1.807) is 24.3 Å². The fourth-order valence-corrected chi connectivity index (χ4v) is 9.21. The van der Waals surface area contributed by atoms with Gasteiger partial charge >= 0.3 is 7.60 Å². The normalized spacial score (nSPS) is 26.9. The number of aromatic nitrogens is 1. The van der Waals surface area contributed by atoms with E-state index in [2.05, 4.69) is 17.2 Å². The highest BCUT2D eigenvalue weighted by Gasteiger charge is 2.52. The van der Waals surface area contributed by atoms with Crippen molar-refractivity contribution in [3.63, 3.8) is 0 Å². The number of fused-ring (bicyclic) bond motifs is 3. The second-order valence-electron chi connectivity index (χ2n) is 12.9. The van der Waals surface area contributed by atoms with Crippen LogP contribution in [0.15, 0.2) is 42.7 Å². The smallest absolute Gasteiger partial charge is 0.329 e. The van der Waals surface area contributed by atoms with Crippen LogP contribution in [0.5, 0.6) is 0 Å². The van der Waals surface area contributed by atoms with Crippen LogP contribution in [0.25, 0.3) is 10.1 Å². The Kier molecular flexibility index (Phi) is 7.64. The average Bonchev–Trinajstić information content (AvgIpc) is 3.33. The number of carbonyl (C=O) groups is 3. The van der Waals surface area contributed by atoms with Gasteiger partial charge in [0.2, 0.25) is 11.8 Å². The molecule has 4 aliphatic rings. The average molecular weight is 637 g/mol. The van der Waals surface area contributed by atoms with Crippen molar-refractivity contribution < 1.29 is 28.7 Å². The molecule has 0 unspecified atom stereocenters. The summed E-state index contributed by atoms with van der Waals surface area (Å²) in [5, 5.41) is 3.75. The van der Waals surface area contributed by atoms with Gasteiger partial charge in [0.1, 0.15) is 12.1 Å². The number of pyridine rings is 1. The lowest BCUT2D eigenvalue weighted by molar-refractivity contribution is -0.149. The maximum Gasteiger partial charge on any atom is 0.329 e. The SMILES string of the molecule is CCc1ccncc1C1CN(C(=O)[C@@H]2CC[C@@H]3C[C@@H]4C[C@@H]4C[C@H](NC(=O)c4cc5cc(CP(=O)(O)O)ccc5s4)C(=O)N32)C1. The number of aryl methyl sites for hydroxylation is 1. The minimum Gasteiger partial charge on any atom is -0.340 e.